The number of nitrogens with zero attached hydrogens (tertiary/aromatic N) is 2. The van der Waals surface area contributed by atoms with Gasteiger partial charge in [-0.25, -0.2) is 4.39 Å². The summed E-state index contributed by atoms with van der Waals surface area (Å²) in [6.07, 6.45) is 3.82. The fourth-order valence-corrected chi connectivity index (χ4v) is 4.66. The van der Waals surface area contributed by atoms with Gasteiger partial charge in [0.05, 0.1) is 0 Å². The monoisotopic (exact) mass is 412 g/mol. The topological polar surface area (TPSA) is 25.2 Å². The summed E-state index contributed by atoms with van der Waals surface area (Å²) in [6.45, 7) is 4.13. The van der Waals surface area contributed by atoms with Crippen LogP contribution >= 0.6 is 0 Å². The van der Waals surface area contributed by atoms with Crippen molar-refractivity contribution in [2.45, 2.75) is 26.3 Å². The Balaban J connectivity index is 1.44. The van der Waals surface area contributed by atoms with Gasteiger partial charge in [0, 0.05) is 42.3 Å². The predicted octanol–water partition coefficient (Wildman–Crippen LogP) is 5.38. The molecular weight excluding hydrogens is 387 g/mol. The van der Waals surface area contributed by atoms with E-state index in [4.69, 9.17) is 0 Å². The van der Waals surface area contributed by atoms with Gasteiger partial charge < -0.3 is 9.47 Å². The minimum absolute atomic E-state index is 0.0986. The molecule has 4 aromatic rings. The third-order valence-electron chi connectivity index (χ3n) is 6.31. The van der Waals surface area contributed by atoms with Crippen molar-refractivity contribution in [3.63, 3.8) is 0 Å². The average molecular weight is 413 g/mol. The van der Waals surface area contributed by atoms with E-state index in [9.17, 15) is 9.18 Å². The third kappa shape index (κ3) is 3.74. The SMILES string of the molecule is Cc1ccccc1CCN1CCc2cn(Cc3cccc(F)c3)c3cccc(c23)C1=O. The molecule has 0 saturated heterocycles. The molecule has 0 unspecified atom stereocenters. The fraction of sp³-hybridized carbons (Fsp3) is 0.222. The van der Waals surface area contributed by atoms with Crippen LogP contribution in [0.15, 0.2) is 72.9 Å². The molecule has 3 nitrogen and oxygen atoms in total. The molecule has 0 bridgehead atoms. The maximum absolute atomic E-state index is 13.6. The van der Waals surface area contributed by atoms with Gasteiger partial charge in [0.1, 0.15) is 5.82 Å². The van der Waals surface area contributed by atoms with Gasteiger partial charge in [-0.15, -0.1) is 0 Å². The van der Waals surface area contributed by atoms with Crippen molar-refractivity contribution in [3.05, 3.63) is 107 Å². The molecule has 0 radical (unpaired) electrons. The summed E-state index contributed by atoms with van der Waals surface area (Å²) in [7, 11) is 0. The molecule has 3 aromatic carbocycles. The zero-order chi connectivity index (χ0) is 21.4. The molecule has 0 saturated carbocycles. The lowest BCUT2D eigenvalue weighted by Gasteiger charge is -2.22. The zero-order valence-electron chi connectivity index (χ0n) is 17.6. The number of aryl methyl sites for hydroxylation is 1. The Hall–Kier alpha value is -3.40. The molecule has 31 heavy (non-hydrogen) atoms. The summed E-state index contributed by atoms with van der Waals surface area (Å²) >= 11 is 0. The van der Waals surface area contributed by atoms with Crippen LogP contribution in [0.3, 0.4) is 0 Å². The number of hydrogen-bond acceptors (Lipinski definition) is 1. The largest absolute Gasteiger partial charge is 0.343 e. The minimum atomic E-state index is -0.226. The summed E-state index contributed by atoms with van der Waals surface area (Å²) in [4.78, 5) is 15.4. The highest BCUT2D eigenvalue weighted by atomic mass is 19.1. The number of benzene rings is 3. The molecule has 1 aromatic heterocycles. The smallest absolute Gasteiger partial charge is 0.254 e. The van der Waals surface area contributed by atoms with Crippen molar-refractivity contribution < 1.29 is 9.18 Å². The molecule has 2 heterocycles. The van der Waals surface area contributed by atoms with E-state index in [-0.39, 0.29) is 11.7 Å². The first-order chi connectivity index (χ1) is 15.1. The van der Waals surface area contributed by atoms with Gasteiger partial charge in [0.2, 0.25) is 0 Å². The van der Waals surface area contributed by atoms with Crippen LogP contribution in [0.25, 0.3) is 10.9 Å². The molecule has 0 N–H and O–H groups in total. The molecule has 0 atom stereocenters. The van der Waals surface area contributed by atoms with Crippen molar-refractivity contribution in [2.24, 2.45) is 0 Å². The maximum atomic E-state index is 13.6. The molecule has 156 valence electrons. The highest BCUT2D eigenvalue weighted by molar-refractivity contribution is 6.08. The molecule has 4 heteroatoms. The summed E-state index contributed by atoms with van der Waals surface area (Å²) in [6, 6.07) is 21.0. The number of aromatic nitrogens is 1. The van der Waals surface area contributed by atoms with Crippen LogP contribution in [0.2, 0.25) is 0 Å². The first-order valence-electron chi connectivity index (χ1n) is 10.8. The van der Waals surface area contributed by atoms with Gasteiger partial charge in [-0.3, -0.25) is 4.79 Å². The zero-order valence-corrected chi connectivity index (χ0v) is 17.6. The maximum Gasteiger partial charge on any atom is 0.254 e. The van der Waals surface area contributed by atoms with E-state index in [1.807, 2.05) is 29.2 Å². The molecule has 0 spiro atoms. The predicted molar refractivity (Wildman–Crippen MR) is 122 cm³/mol. The van der Waals surface area contributed by atoms with E-state index < -0.39 is 0 Å². The van der Waals surface area contributed by atoms with Gasteiger partial charge in [-0.1, -0.05) is 42.5 Å². The second-order valence-corrected chi connectivity index (χ2v) is 8.33. The minimum Gasteiger partial charge on any atom is -0.343 e. The van der Waals surface area contributed by atoms with Crippen molar-refractivity contribution in [3.8, 4) is 0 Å². The van der Waals surface area contributed by atoms with Crippen LogP contribution < -0.4 is 0 Å². The number of halogens is 1. The van der Waals surface area contributed by atoms with Gasteiger partial charge in [0.25, 0.3) is 5.91 Å². The second kappa shape index (κ2) is 8.03. The standard InChI is InChI=1S/C27H25FN2O/c1-19-6-2-3-8-21(19)12-14-29-15-13-22-18-30(17-20-7-4-9-23(28)16-20)25-11-5-10-24(26(22)25)27(29)31/h2-11,16,18H,12-15,17H2,1H3. The van der Waals surface area contributed by atoms with E-state index in [1.165, 1.54) is 22.8 Å². The summed E-state index contributed by atoms with van der Waals surface area (Å²) in [5.74, 6) is -0.128. The third-order valence-corrected chi connectivity index (χ3v) is 6.31. The van der Waals surface area contributed by atoms with E-state index in [0.717, 1.165) is 34.9 Å². The second-order valence-electron chi connectivity index (χ2n) is 8.33. The lowest BCUT2D eigenvalue weighted by atomic mass is 10.0. The molecule has 0 fully saturated rings. The Morgan fingerprint density at radius 1 is 1.00 bits per heavy atom. The lowest BCUT2D eigenvalue weighted by Crippen LogP contribution is -2.33. The molecule has 1 aliphatic heterocycles. The Bertz CT molecular complexity index is 1270. The Labute approximate surface area is 181 Å². The quantitative estimate of drug-likeness (QED) is 0.432. The number of amides is 1. The molecule has 1 amide bonds. The molecule has 0 aliphatic carbocycles. The van der Waals surface area contributed by atoms with Crippen LogP contribution in [0.1, 0.15) is 32.6 Å². The summed E-state index contributed by atoms with van der Waals surface area (Å²) < 4.78 is 15.8. The Kier molecular flexibility index (Phi) is 5.06. The molecular formula is C27H25FN2O. The van der Waals surface area contributed by atoms with E-state index in [0.29, 0.717) is 19.6 Å². The Morgan fingerprint density at radius 2 is 1.84 bits per heavy atom. The van der Waals surface area contributed by atoms with Gasteiger partial charge in [0.15, 0.2) is 0 Å². The van der Waals surface area contributed by atoms with Crippen LogP contribution in [0.5, 0.6) is 0 Å². The van der Waals surface area contributed by atoms with Crippen molar-refractivity contribution >= 4 is 16.8 Å². The van der Waals surface area contributed by atoms with Crippen molar-refractivity contribution in [2.75, 3.05) is 13.1 Å². The first-order valence-corrected chi connectivity index (χ1v) is 10.8. The Morgan fingerprint density at radius 3 is 2.68 bits per heavy atom. The molecule has 5 rings (SSSR count). The number of carbonyl (C=O) groups is 1. The number of rotatable bonds is 5. The van der Waals surface area contributed by atoms with Crippen LogP contribution in [0, 0.1) is 12.7 Å². The molecule has 1 aliphatic rings. The highest BCUT2D eigenvalue weighted by Gasteiger charge is 2.25. The van der Waals surface area contributed by atoms with Crippen molar-refractivity contribution in [1.82, 2.24) is 9.47 Å². The van der Waals surface area contributed by atoms with Gasteiger partial charge >= 0.3 is 0 Å². The first kappa shape index (κ1) is 19.6. The summed E-state index contributed by atoms with van der Waals surface area (Å²) in [5, 5.41) is 1.04. The number of carbonyl (C=O) groups excluding carboxylic acids is 1. The normalized spacial score (nSPS) is 13.6. The average Bonchev–Trinajstić information content (AvgIpc) is 3.05. The van der Waals surface area contributed by atoms with Gasteiger partial charge in [-0.05, 0) is 66.3 Å². The van der Waals surface area contributed by atoms with Crippen LogP contribution in [-0.4, -0.2) is 28.5 Å². The fourth-order valence-electron chi connectivity index (χ4n) is 4.66. The van der Waals surface area contributed by atoms with E-state index >= 15 is 0 Å². The highest BCUT2D eigenvalue weighted by Crippen LogP contribution is 2.30. The lowest BCUT2D eigenvalue weighted by molar-refractivity contribution is 0.0764. The van der Waals surface area contributed by atoms with E-state index in [1.54, 1.807) is 12.1 Å². The van der Waals surface area contributed by atoms with Crippen LogP contribution in [0.4, 0.5) is 4.39 Å². The van der Waals surface area contributed by atoms with Crippen LogP contribution in [-0.2, 0) is 19.4 Å². The van der Waals surface area contributed by atoms with Crippen molar-refractivity contribution in [1.29, 1.82) is 0 Å². The number of hydrogen-bond donors (Lipinski definition) is 0. The van der Waals surface area contributed by atoms with E-state index in [2.05, 4.69) is 42.0 Å². The summed E-state index contributed by atoms with van der Waals surface area (Å²) in [5.41, 5.74) is 6.46. The van der Waals surface area contributed by atoms with Gasteiger partial charge in [-0.2, -0.15) is 0 Å².